The van der Waals surface area contributed by atoms with Crippen LogP contribution in [-0.4, -0.2) is 17.9 Å². The summed E-state index contributed by atoms with van der Waals surface area (Å²) >= 11 is 1.41. The number of hydrogen-bond donors (Lipinski definition) is 3. The van der Waals surface area contributed by atoms with Crippen LogP contribution in [0.1, 0.15) is 28.8 Å². The number of hydrogen-bond acceptors (Lipinski definition) is 5. The molecule has 19 heavy (non-hydrogen) atoms. The highest BCUT2D eigenvalue weighted by Gasteiger charge is 2.24. The van der Waals surface area contributed by atoms with Crippen molar-refractivity contribution in [3.05, 3.63) is 16.0 Å². The van der Waals surface area contributed by atoms with Crippen molar-refractivity contribution in [3.63, 3.8) is 0 Å². The largest absolute Gasteiger partial charge is 0.370 e. The first-order valence-electron chi connectivity index (χ1n) is 5.92. The lowest BCUT2D eigenvalue weighted by Crippen LogP contribution is -2.38. The van der Waals surface area contributed by atoms with Crippen LogP contribution in [0.3, 0.4) is 0 Å². The van der Waals surface area contributed by atoms with Crippen molar-refractivity contribution in [3.8, 4) is 6.07 Å². The van der Waals surface area contributed by atoms with Crippen LogP contribution in [0.5, 0.6) is 0 Å². The Morgan fingerprint density at radius 1 is 1.47 bits per heavy atom. The first kappa shape index (κ1) is 13.5. The summed E-state index contributed by atoms with van der Waals surface area (Å²) in [6.45, 7) is 0. The van der Waals surface area contributed by atoms with Crippen molar-refractivity contribution in [2.75, 3.05) is 5.32 Å². The summed E-state index contributed by atoms with van der Waals surface area (Å²) < 4.78 is 0. The molecular formula is C12H14N4O2S. The minimum absolute atomic E-state index is 0.210. The van der Waals surface area contributed by atoms with Crippen molar-refractivity contribution >= 4 is 28.2 Å². The molecule has 1 aromatic rings. The van der Waals surface area contributed by atoms with Crippen LogP contribution >= 0.6 is 11.3 Å². The van der Waals surface area contributed by atoms with Crippen LogP contribution in [0.15, 0.2) is 0 Å². The minimum atomic E-state index is -0.985. The summed E-state index contributed by atoms with van der Waals surface area (Å²) in [5.41, 5.74) is 12.1. The van der Waals surface area contributed by atoms with E-state index in [-0.39, 0.29) is 6.42 Å². The van der Waals surface area contributed by atoms with E-state index in [1.807, 2.05) is 0 Å². The molecule has 1 unspecified atom stereocenters. The Labute approximate surface area is 114 Å². The normalized spacial score (nSPS) is 14.5. The lowest BCUT2D eigenvalue weighted by atomic mass is 10.1. The third kappa shape index (κ3) is 2.75. The van der Waals surface area contributed by atoms with Crippen LogP contribution in [-0.2, 0) is 22.4 Å². The van der Waals surface area contributed by atoms with E-state index >= 15 is 0 Å². The van der Waals surface area contributed by atoms with Crippen molar-refractivity contribution in [1.29, 1.82) is 5.26 Å². The molecule has 100 valence electrons. The molecule has 1 aromatic heterocycles. The van der Waals surface area contributed by atoms with Crippen molar-refractivity contribution < 1.29 is 9.59 Å². The molecule has 1 atom stereocenters. The highest BCUT2D eigenvalue weighted by molar-refractivity contribution is 7.16. The van der Waals surface area contributed by atoms with Crippen LogP contribution in [0.25, 0.3) is 0 Å². The molecular weight excluding hydrogens is 264 g/mol. The molecule has 2 rings (SSSR count). The fourth-order valence-corrected chi connectivity index (χ4v) is 3.37. The maximum atomic E-state index is 11.8. The SMILES string of the molecule is N#Cc1c(NC(=O)C(N)CC(N)=O)sc2c1CCC2. The highest BCUT2D eigenvalue weighted by atomic mass is 32.1. The molecule has 1 heterocycles. The number of nitrogens with one attached hydrogen (secondary N) is 1. The van der Waals surface area contributed by atoms with Crippen LogP contribution in [0.4, 0.5) is 5.00 Å². The fourth-order valence-electron chi connectivity index (χ4n) is 2.12. The zero-order valence-corrected chi connectivity index (χ0v) is 11.0. The average Bonchev–Trinajstić information content (AvgIpc) is 2.87. The van der Waals surface area contributed by atoms with Gasteiger partial charge in [0.15, 0.2) is 0 Å². The number of anilines is 1. The quantitative estimate of drug-likeness (QED) is 0.730. The number of carbonyl (C=O) groups excluding carboxylic acids is 2. The zero-order chi connectivity index (χ0) is 14.0. The number of nitriles is 1. The van der Waals surface area contributed by atoms with E-state index < -0.39 is 17.9 Å². The first-order chi connectivity index (χ1) is 9.02. The molecule has 0 aliphatic heterocycles. The molecule has 5 N–H and O–H groups in total. The summed E-state index contributed by atoms with van der Waals surface area (Å²) in [6, 6.07) is 1.14. The highest BCUT2D eigenvalue weighted by Crippen LogP contribution is 2.38. The number of fused-ring (bicyclic) bond motifs is 1. The smallest absolute Gasteiger partial charge is 0.242 e. The van der Waals surface area contributed by atoms with Gasteiger partial charge in [-0.3, -0.25) is 9.59 Å². The van der Waals surface area contributed by atoms with E-state index in [2.05, 4.69) is 11.4 Å². The molecule has 6 nitrogen and oxygen atoms in total. The summed E-state index contributed by atoms with van der Waals surface area (Å²) in [4.78, 5) is 23.7. The van der Waals surface area contributed by atoms with Gasteiger partial charge >= 0.3 is 0 Å². The van der Waals surface area contributed by atoms with E-state index in [1.165, 1.54) is 11.3 Å². The van der Waals surface area contributed by atoms with E-state index in [1.54, 1.807) is 0 Å². The third-order valence-electron chi connectivity index (χ3n) is 3.03. The topological polar surface area (TPSA) is 122 Å². The minimum Gasteiger partial charge on any atom is -0.370 e. The molecule has 0 aromatic carbocycles. The van der Waals surface area contributed by atoms with Gasteiger partial charge in [-0.2, -0.15) is 5.26 Å². The molecule has 1 aliphatic carbocycles. The summed E-state index contributed by atoms with van der Waals surface area (Å²) in [5.74, 6) is -1.12. The Bertz CT molecular complexity index is 573. The number of nitrogens with two attached hydrogens (primary N) is 2. The molecule has 1 aliphatic rings. The third-order valence-corrected chi connectivity index (χ3v) is 4.23. The summed E-state index contributed by atoms with van der Waals surface area (Å²) in [5, 5.41) is 12.3. The molecule has 0 bridgehead atoms. The molecule has 2 amide bonds. The first-order valence-corrected chi connectivity index (χ1v) is 6.74. The number of aryl methyl sites for hydroxylation is 1. The predicted octanol–water partition coefficient (Wildman–Crippen LogP) is 0.250. The molecule has 0 fully saturated rings. The van der Waals surface area contributed by atoms with Crippen molar-refractivity contribution in [2.24, 2.45) is 11.5 Å². The van der Waals surface area contributed by atoms with Gasteiger partial charge in [0.25, 0.3) is 0 Å². The van der Waals surface area contributed by atoms with E-state index in [0.29, 0.717) is 10.6 Å². The second-order valence-corrected chi connectivity index (χ2v) is 5.54. The van der Waals surface area contributed by atoms with Gasteiger partial charge in [-0.05, 0) is 24.8 Å². The maximum Gasteiger partial charge on any atom is 0.242 e. The lowest BCUT2D eigenvalue weighted by Gasteiger charge is -2.09. The zero-order valence-electron chi connectivity index (χ0n) is 10.2. The van der Waals surface area contributed by atoms with E-state index in [9.17, 15) is 9.59 Å². The lowest BCUT2D eigenvalue weighted by molar-refractivity contribution is -0.123. The summed E-state index contributed by atoms with van der Waals surface area (Å²) in [7, 11) is 0. The van der Waals surface area contributed by atoms with Gasteiger partial charge in [-0.25, -0.2) is 0 Å². The Morgan fingerprint density at radius 2 is 2.21 bits per heavy atom. The molecule has 7 heteroatoms. The average molecular weight is 278 g/mol. The van der Waals surface area contributed by atoms with Gasteiger partial charge in [0.1, 0.15) is 11.1 Å². The summed E-state index contributed by atoms with van der Waals surface area (Å²) in [6.07, 6.45) is 2.65. The number of thiophene rings is 1. The van der Waals surface area contributed by atoms with Gasteiger partial charge < -0.3 is 16.8 Å². The van der Waals surface area contributed by atoms with Crippen molar-refractivity contribution in [2.45, 2.75) is 31.7 Å². The van der Waals surface area contributed by atoms with Gasteiger partial charge in [-0.15, -0.1) is 11.3 Å². The number of carbonyl (C=O) groups is 2. The van der Waals surface area contributed by atoms with Crippen LogP contribution in [0, 0.1) is 11.3 Å². The Hall–Kier alpha value is -1.91. The van der Waals surface area contributed by atoms with Crippen LogP contribution < -0.4 is 16.8 Å². The second kappa shape index (κ2) is 5.38. The van der Waals surface area contributed by atoms with Crippen molar-refractivity contribution in [1.82, 2.24) is 0 Å². The Morgan fingerprint density at radius 3 is 2.84 bits per heavy atom. The standard InChI is InChI=1S/C12H14N4O2S/c13-5-7-6-2-1-3-9(6)19-12(7)16-11(18)8(14)4-10(15)17/h8H,1-4,14H2,(H2,15,17)(H,16,18). The monoisotopic (exact) mass is 278 g/mol. The van der Waals surface area contributed by atoms with Gasteiger partial charge in [0.2, 0.25) is 11.8 Å². The molecule has 0 saturated carbocycles. The van der Waals surface area contributed by atoms with Crippen LogP contribution in [0.2, 0.25) is 0 Å². The van der Waals surface area contributed by atoms with Gasteiger partial charge in [-0.1, -0.05) is 0 Å². The molecule has 0 spiro atoms. The molecule has 0 saturated heterocycles. The van der Waals surface area contributed by atoms with E-state index in [4.69, 9.17) is 16.7 Å². The van der Waals surface area contributed by atoms with Gasteiger partial charge in [0, 0.05) is 4.88 Å². The van der Waals surface area contributed by atoms with E-state index in [0.717, 1.165) is 29.7 Å². The van der Waals surface area contributed by atoms with Gasteiger partial charge in [0.05, 0.1) is 18.0 Å². The second-order valence-electron chi connectivity index (χ2n) is 4.44. The maximum absolute atomic E-state index is 11.8. The number of rotatable bonds is 4. The molecule has 0 radical (unpaired) electrons. The Kier molecular flexibility index (Phi) is 3.83. The number of primary amides is 1. The predicted molar refractivity (Wildman–Crippen MR) is 71.5 cm³/mol. The Balaban J connectivity index is 2.14. The fraction of sp³-hybridized carbons (Fsp3) is 0.417. The number of nitrogens with zero attached hydrogens (tertiary/aromatic N) is 1. The number of amides is 2.